The molecule has 0 aliphatic carbocycles. The molecule has 0 saturated carbocycles. The van der Waals surface area contributed by atoms with Crippen LogP contribution in [-0.2, 0) is 10.2 Å². The van der Waals surface area contributed by atoms with Gasteiger partial charge in [0, 0.05) is 6.54 Å². The zero-order valence-electron chi connectivity index (χ0n) is 18.8. The molecule has 0 bridgehead atoms. The van der Waals surface area contributed by atoms with Gasteiger partial charge in [0.05, 0.1) is 0 Å². The molecular formula is C27H39N3O. The molecule has 4 heteroatoms. The van der Waals surface area contributed by atoms with Gasteiger partial charge in [0.2, 0.25) is 5.91 Å². The minimum absolute atomic E-state index is 0.186. The summed E-state index contributed by atoms with van der Waals surface area (Å²) in [5.41, 5.74) is 13.0. The third-order valence-corrected chi connectivity index (χ3v) is 6.91. The first-order chi connectivity index (χ1) is 15.2. The summed E-state index contributed by atoms with van der Waals surface area (Å²) in [5.74, 6) is -0.0553. The molecule has 4 N–H and O–H groups in total. The second kappa shape index (κ2) is 12.0. The van der Waals surface area contributed by atoms with Crippen LogP contribution in [0.3, 0.4) is 0 Å². The molecule has 168 valence electrons. The van der Waals surface area contributed by atoms with Crippen LogP contribution in [0.5, 0.6) is 0 Å². The normalized spacial score (nSPS) is 17.1. The summed E-state index contributed by atoms with van der Waals surface area (Å²) in [5, 5.41) is 0. The quantitative estimate of drug-likeness (QED) is 0.469. The van der Waals surface area contributed by atoms with Crippen LogP contribution in [0.25, 0.3) is 0 Å². The summed E-state index contributed by atoms with van der Waals surface area (Å²) in [6.45, 7) is 3.88. The second-order valence-electron chi connectivity index (χ2n) is 8.95. The number of unbranched alkanes of at least 4 members (excludes halogenated alkanes) is 6. The molecule has 0 radical (unpaired) electrons. The number of hydrogen-bond donors (Lipinski definition) is 2. The number of benzene rings is 2. The molecule has 1 fully saturated rings. The minimum atomic E-state index is -0.778. The summed E-state index contributed by atoms with van der Waals surface area (Å²) in [6.07, 6.45) is 9.84. The maximum absolute atomic E-state index is 13.1. The Kier molecular flexibility index (Phi) is 9.11. The highest BCUT2D eigenvalue weighted by Gasteiger charge is 2.49. The van der Waals surface area contributed by atoms with Crippen molar-refractivity contribution in [1.82, 2.24) is 4.90 Å². The van der Waals surface area contributed by atoms with Gasteiger partial charge in [-0.3, -0.25) is 4.79 Å². The number of likely N-dealkylation sites (tertiary alicyclic amines) is 1. The Morgan fingerprint density at radius 3 is 1.87 bits per heavy atom. The topological polar surface area (TPSA) is 72.3 Å². The van der Waals surface area contributed by atoms with E-state index < -0.39 is 5.41 Å². The lowest BCUT2D eigenvalue weighted by Crippen LogP contribution is -2.49. The van der Waals surface area contributed by atoms with Gasteiger partial charge in [-0.05, 0) is 55.9 Å². The maximum atomic E-state index is 13.1. The fourth-order valence-electron chi connectivity index (χ4n) is 5.28. The van der Waals surface area contributed by atoms with E-state index in [0.717, 1.165) is 50.1 Å². The zero-order valence-corrected chi connectivity index (χ0v) is 18.8. The van der Waals surface area contributed by atoms with E-state index in [9.17, 15) is 4.79 Å². The monoisotopic (exact) mass is 421 g/mol. The highest BCUT2D eigenvalue weighted by atomic mass is 16.1. The molecule has 4 nitrogen and oxygen atoms in total. The Labute approximate surface area is 188 Å². The highest BCUT2D eigenvalue weighted by molar-refractivity contribution is 5.91. The van der Waals surface area contributed by atoms with Crippen LogP contribution in [0.15, 0.2) is 60.7 Å². The van der Waals surface area contributed by atoms with Crippen molar-refractivity contribution in [1.29, 1.82) is 0 Å². The van der Waals surface area contributed by atoms with E-state index in [4.69, 9.17) is 11.5 Å². The summed E-state index contributed by atoms with van der Waals surface area (Å²) in [7, 11) is 0. The largest absolute Gasteiger partial charge is 0.369 e. The fourth-order valence-corrected chi connectivity index (χ4v) is 5.28. The Bertz CT molecular complexity index is 738. The van der Waals surface area contributed by atoms with Gasteiger partial charge in [0.15, 0.2) is 0 Å². The van der Waals surface area contributed by atoms with Crippen LogP contribution in [-0.4, -0.2) is 37.0 Å². The van der Waals surface area contributed by atoms with Crippen molar-refractivity contribution in [2.45, 2.75) is 56.8 Å². The number of primary amides is 1. The number of nitrogens with zero attached hydrogens (tertiary/aromatic N) is 1. The van der Waals surface area contributed by atoms with Gasteiger partial charge in [-0.1, -0.05) is 92.8 Å². The number of rotatable bonds is 13. The van der Waals surface area contributed by atoms with Crippen molar-refractivity contribution < 1.29 is 4.79 Å². The summed E-state index contributed by atoms with van der Waals surface area (Å²) < 4.78 is 0. The lowest BCUT2D eigenvalue weighted by atomic mass is 9.64. The number of carbonyl (C=O) groups excluding carboxylic acids is 1. The standard InChI is InChI=1S/C27H39N3O/c28-19-12-4-2-1-3-5-13-20-30-21-18-25(22-30)27(26(29)31,23-14-8-6-9-15-23)24-16-10-7-11-17-24/h6-11,14-17,25H,1-5,12-13,18-22,28H2,(H2,29,31). The van der Waals surface area contributed by atoms with E-state index >= 15 is 0 Å². The predicted octanol–water partition coefficient (Wildman–Crippen LogP) is 4.47. The molecule has 3 rings (SSSR count). The first-order valence-electron chi connectivity index (χ1n) is 12.0. The lowest BCUT2D eigenvalue weighted by Gasteiger charge is -2.37. The molecule has 2 aromatic rings. The molecule has 0 spiro atoms. The van der Waals surface area contributed by atoms with E-state index in [2.05, 4.69) is 29.2 Å². The third-order valence-electron chi connectivity index (χ3n) is 6.91. The van der Waals surface area contributed by atoms with Gasteiger partial charge in [-0.25, -0.2) is 0 Å². The molecule has 31 heavy (non-hydrogen) atoms. The van der Waals surface area contributed by atoms with Gasteiger partial charge in [0.25, 0.3) is 0 Å². The highest BCUT2D eigenvalue weighted by Crippen LogP contribution is 2.43. The number of hydrogen-bond acceptors (Lipinski definition) is 3. The third kappa shape index (κ3) is 5.75. The Balaban J connectivity index is 1.65. The van der Waals surface area contributed by atoms with Crippen LogP contribution in [0.4, 0.5) is 0 Å². The van der Waals surface area contributed by atoms with Crippen LogP contribution in [0, 0.1) is 5.92 Å². The van der Waals surface area contributed by atoms with Crippen LogP contribution in [0.1, 0.15) is 62.5 Å². The zero-order chi connectivity index (χ0) is 21.9. The Hall–Kier alpha value is -2.17. The molecule has 1 amide bonds. The van der Waals surface area contributed by atoms with E-state index in [1.807, 2.05) is 36.4 Å². The molecule has 1 aliphatic heterocycles. The number of nitrogens with two attached hydrogens (primary N) is 2. The van der Waals surface area contributed by atoms with Crippen molar-refractivity contribution in [3.8, 4) is 0 Å². The van der Waals surface area contributed by atoms with Gasteiger partial charge in [-0.15, -0.1) is 0 Å². The molecule has 1 atom stereocenters. The van der Waals surface area contributed by atoms with Crippen LogP contribution < -0.4 is 11.5 Å². The molecule has 1 aliphatic rings. The van der Waals surface area contributed by atoms with Gasteiger partial charge in [-0.2, -0.15) is 0 Å². The summed E-state index contributed by atoms with van der Waals surface area (Å²) >= 11 is 0. The first-order valence-corrected chi connectivity index (χ1v) is 12.0. The molecule has 1 saturated heterocycles. The number of carbonyl (C=O) groups is 1. The summed E-state index contributed by atoms with van der Waals surface area (Å²) in [4.78, 5) is 15.6. The van der Waals surface area contributed by atoms with Crippen molar-refractivity contribution in [3.05, 3.63) is 71.8 Å². The average molecular weight is 422 g/mol. The SMILES string of the molecule is NCCCCCCCCCN1CCC(C(C(N)=O)(c2ccccc2)c2ccccc2)C1. The second-order valence-corrected chi connectivity index (χ2v) is 8.95. The van der Waals surface area contributed by atoms with Gasteiger partial charge >= 0.3 is 0 Å². The van der Waals surface area contributed by atoms with Crippen molar-refractivity contribution in [2.75, 3.05) is 26.2 Å². The molecule has 1 unspecified atom stereocenters. The Morgan fingerprint density at radius 1 is 0.839 bits per heavy atom. The first kappa shape index (κ1) is 23.5. The minimum Gasteiger partial charge on any atom is -0.369 e. The van der Waals surface area contributed by atoms with Crippen molar-refractivity contribution in [2.24, 2.45) is 17.4 Å². The average Bonchev–Trinajstić information content (AvgIpc) is 3.26. The van der Waals surface area contributed by atoms with Gasteiger partial charge in [0.1, 0.15) is 5.41 Å². The van der Waals surface area contributed by atoms with Crippen LogP contribution >= 0.6 is 0 Å². The molecular weight excluding hydrogens is 382 g/mol. The van der Waals surface area contributed by atoms with Crippen molar-refractivity contribution in [3.63, 3.8) is 0 Å². The predicted molar refractivity (Wildman–Crippen MR) is 129 cm³/mol. The molecule has 1 heterocycles. The van der Waals surface area contributed by atoms with E-state index in [-0.39, 0.29) is 11.8 Å². The molecule has 2 aromatic carbocycles. The lowest BCUT2D eigenvalue weighted by molar-refractivity contribution is -0.123. The smallest absolute Gasteiger partial charge is 0.232 e. The Morgan fingerprint density at radius 2 is 1.35 bits per heavy atom. The number of amides is 1. The fraction of sp³-hybridized carbons (Fsp3) is 0.519. The van der Waals surface area contributed by atoms with Crippen molar-refractivity contribution >= 4 is 5.91 Å². The maximum Gasteiger partial charge on any atom is 0.232 e. The van der Waals surface area contributed by atoms with E-state index in [1.54, 1.807) is 0 Å². The van der Waals surface area contributed by atoms with E-state index in [1.165, 1.54) is 38.5 Å². The summed E-state index contributed by atoms with van der Waals surface area (Å²) in [6, 6.07) is 20.3. The van der Waals surface area contributed by atoms with E-state index in [0.29, 0.717) is 0 Å². The van der Waals surface area contributed by atoms with Gasteiger partial charge < -0.3 is 16.4 Å². The van der Waals surface area contributed by atoms with Crippen LogP contribution in [0.2, 0.25) is 0 Å². The molecule has 0 aromatic heterocycles.